The first-order chi connectivity index (χ1) is 9.40. The molecule has 1 N–H and O–H groups in total. The van der Waals surface area contributed by atoms with Crippen LogP contribution in [0.1, 0.15) is 59.2 Å². The molecule has 1 saturated carbocycles. The summed E-state index contributed by atoms with van der Waals surface area (Å²) < 4.78 is 1.95. The van der Waals surface area contributed by atoms with Crippen LogP contribution in [0.4, 0.5) is 0 Å². The number of hydrogen-bond acceptors (Lipinski definition) is 3. The standard InChI is InChI=1S/C16H29N3O/c1-5-19-14(17-12-18-19)10-16(11-20)8-6-13(7-9-16)15(2,3)4/h12-13,20H,5-11H2,1-4H3. The summed E-state index contributed by atoms with van der Waals surface area (Å²) in [5, 5.41) is 14.2. The van der Waals surface area contributed by atoms with Gasteiger partial charge in [-0.05, 0) is 43.9 Å². The largest absolute Gasteiger partial charge is 0.396 e. The molecular weight excluding hydrogens is 250 g/mol. The summed E-state index contributed by atoms with van der Waals surface area (Å²) >= 11 is 0. The number of nitrogens with zero attached hydrogens (tertiary/aromatic N) is 3. The minimum Gasteiger partial charge on any atom is -0.396 e. The lowest BCUT2D eigenvalue weighted by atomic mass is 9.63. The highest BCUT2D eigenvalue weighted by atomic mass is 16.3. The molecule has 0 atom stereocenters. The Bertz CT molecular complexity index is 425. The van der Waals surface area contributed by atoms with Crippen LogP contribution in [0.3, 0.4) is 0 Å². The maximum atomic E-state index is 9.94. The van der Waals surface area contributed by atoms with E-state index in [1.54, 1.807) is 6.33 Å². The number of aliphatic hydroxyl groups excluding tert-OH is 1. The average molecular weight is 279 g/mol. The van der Waals surface area contributed by atoms with Crippen LogP contribution in [0, 0.1) is 16.7 Å². The van der Waals surface area contributed by atoms with Gasteiger partial charge in [0.15, 0.2) is 0 Å². The molecule has 1 heterocycles. The van der Waals surface area contributed by atoms with Crippen LogP contribution in [0.25, 0.3) is 0 Å². The minimum atomic E-state index is 0.0156. The van der Waals surface area contributed by atoms with E-state index in [0.29, 0.717) is 5.41 Å². The van der Waals surface area contributed by atoms with Crippen molar-refractivity contribution in [1.29, 1.82) is 0 Å². The second kappa shape index (κ2) is 5.84. The van der Waals surface area contributed by atoms with Crippen LogP contribution < -0.4 is 0 Å². The van der Waals surface area contributed by atoms with Crippen LogP contribution >= 0.6 is 0 Å². The summed E-state index contributed by atoms with van der Waals surface area (Å²) in [6.07, 6.45) is 7.11. The van der Waals surface area contributed by atoms with Crippen molar-refractivity contribution in [1.82, 2.24) is 14.8 Å². The van der Waals surface area contributed by atoms with Crippen LogP contribution in [0.2, 0.25) is 0 Å². The number of aryl methyl sites for hydroxylation is 1. The fourth-order valence-corrected chi connectivity index (χ4v) is 3.51. The van der Waals surface area contributed by atoms with Crippen molar-refractivity contribution in [3.63, 3.8) is 0 Å². The van der Waals surface area contributed by atoms with E-state index in [-0.39, 0.29) is 12.0 Å². The van der Waals surface area contributed by atoms with Crippen LogP contribution in [-0.4, -0.2) is 26.5 Å². The van der Waals surface area contributed by atoms with Gasteiger partial charge in [0.1, 0.15) is 12.2 Å². The molecular formula is C16H29N3O. The fourth-order valence-electron chi connectivity index (χ4n) is 3.51. The molecule has 1 fully saturated rings. The molecule has 0 saturated heterocycles. The summed E-state index contributed by atoms with van der Waals surface area (Å²) in [5.41, 5.74) is 0.396. The lowest BCUT2D eigenvalue weighted by Gasteiger charge is -2.43. The zero-order valence-corrected chi connectivity index (χ0v) is 13.4. The zero-order valence-electron chi connectivity index (χ0n) is 13.4. The van der Waals surface area contributed by atoms with Gasteiger partial charge in [-0.25, -0.2) is 4.98 Å². The fraction of sp³-hybridized carbons (Fsp3) is 0.875. The van der Waals surface area contributed by atoms with Gasteiger partial charge in [-0.15, -0.1) is 0 Å². The smallest absolute Gasteiger partial charge is 0.138 e. The molecule has 1 aliphatic rings. The SMILES string of the molecule is CCn1ncnc1CC1(CO)CCC(C(C)(C)C)CC1. The van der Waals surface area contributed by atoms with Crippen molar-refractivity contribution in [3.05, 3.63) is 12.2 Å². The van der Waals surface area contributed by atoms with Gasteiger partial charge in [-0.1, -0.05) is 20.8 Å². The van der Waals surface area contributed by atoms with E-state index in [1.165, 1.54) is 12.8 Å². The van der Waals surface area contributed by atoms with E-state index in [2.05, 4.69) is 37.8 Å². The summed E-state index contributed by atoms with van der Waals surface area (Å²) in [4.78, 5) is 4.38. The van der Waals surface area contributed by atoms with Crippen LogP contribution in [-0.2, 0) is 13.0 Å². The highest BCUT2D eigenvalue weighted by Crippen LogP contribution is 2.46. The molecule has 1 aliphatic carbocycles. The Morgan fingerprint density at radius 2 is 2.00 bits per heavy atom. The molecule has 1 aromatic heterocycles. The number of aromatic nitrogens is 3. The Kier molecular flexibility index (Phi) is 4.52. The Labute approximate surface area is 122 Å². The number of hydrogen-bond donors (Lipinski definition) is 1. The quantitative estimate of drug-likeness (QED) is 0.921. The first kappa shape index (κ1) is 15.5. The Hall–Kier alpha value is -0.900. The molecule has 20 heavy (non-hydrogen) atoms. The molecule has 0 aromatic carbocycles. The highest BCUT2D eigenvalue weighted by Gasteiger charge is 2.39. The lowest BCUT2D eigenvalue weighted by molar-refractivity contribution is 0.0348. The minimum absolute atomic E-state index is 0.0156. The van der Waals surface area contributed by atoms with Crippen molar-refractivity contribution in [2.45, 2.75) is 66.3 Å². The van der Waals surface area contributed by atoms with Crippen LogP contribution in [0.5, 0.6) is 0 Å². The van der Waals surface area contributed by atoms with E-state index in [4.69, 9.17) is 0 Å². The van der Waals surface area contributed by atoms with Gasteiger partial charge in [0, 0.05) is 25.0 Å². The molecule has 0 bridgehead atoms. The Morgan fingerprint density at radius 3 is 2.50 bits per heavy atom. The normalized spacial score (nSPS) is 27.8. The first-order valence-corrected chi connectivity index (χ1v) is 7.88. The monoisotopic (exact) mass is 279 g/mol. The summed E-state index contributed by atoms with van der Waals surface area (Å²) in [6.45, 7) is 10.2. The lowest BCUT2D eigenvalue weighted by Crippen LogP contribution is -2.37. The van der Waals surface area contributed by atoms with Crippen molar-refractivity contribution >= 4 is 0 Å². The van der Waals surface area contributed by atoms with Crippen molar-refractivity contribution in [2.24, 2.45) is 16.7 Å². The second-order valence-corrected chi connectivity index (χ2v) is 7.47. The second-order valence-electron chi connectivity index (χ2n) is 7.47. The van der Waals surface area contributed by atoms with E-state index >= 15 is 0 Å². The predicted octanol–water partition coefficient (Wildman–Crippen LogP) is 3.06. The molecule has 0 radical (unpaired) electrons. The van der Waals surface area contributed by atoms with E-state index < -0.39 is 0 Å². The molecule has 0 amide bonds. The van der Waals surface area contributed by atoms with Gasteiger partial charge in [0.05, 0.1) is 0 Å². The topological polar surface area (TPSA) is 50.9 Å². The van der Waals surface area contributed by atoms with E-state index in [1.807, 2.05) is 4.68 Å². The molecule has 4 nitrogen and oxygen atoms in total. The van der Waals surface area contributed by atoms with E-state index in [0.717, 1.165) is 37.5 Å². The van der Waals surface area contributed by atoms with Gasteiger partial charge in [0.25, 0.3) is 0 Å². The van der Waals surface area contributed by atoms with Gasteiger partial charge in [0.2, 0.25) is 0 Å². The maximum absolute atomic E-state index is 9.94. The molecule has 114 valence electrons. The third kappa shape index (κ3) is 3.22. The third-order valence-electron chi connectivity index (χ3n) is 5.13. The molecule has 0 spiro atoms. The molecule has 4 heteroatoms. The van der Waals surface area contributed by atoms with Gasteiger partial charge in [-0.3, -0.25) is 4.68 Å². The van der Waals surface area contributed by atoms with Crippen molar-refractivity contribution in [3.8, 4) is 0 Å². The summed E-state index contributed by atoms with van der Waals surface area (Å²) in [5.74, 6) is 1.79. The average Bonchev–Trinajstić information content (AvgIpc) is 2.85. The van der Waals surface area contributed by atoms with E-state index in [9.17, 15) is 5.11 Å². The van der Waals surface area contributed by atoms with Crippen molar-refractivity contribution in [2.75, 3.05) is 6.61 Å². The number of rotatable bonds is 4. The first-order valence-electron chi connectivity index (χ1n) is 7.88. The molecule has 0 unspecified atom stereocenters. The third-order valence-corrected chi connectivity index (χ3v) is 5.13. The van der Waals surface area contributed by atoms with Gasteiger partial charge in [-0.2, -0.15) is 5.10 Å². The molecule has 1 aromatic rings. The summed E-state index contributed by atoms with van der Waals surface area (Å²) in [6, 6.07) is 0. The highest BCUT2D eigenvalue weighted by molar-refractivity contribution is 4.97. The molecule has 0 aliphatic heterocycles. The molecule has 2 rings (SSSR count). The summed E-state index contributed by atoms with van der Waals surface area (Å²) in [7, 11) is 0. The predicted molar refractivity (Wildman–Crippen MR) is 80.3 cm³/mol. The Morgan fingerprint density at radius 1 is 1.35 bits per heavy atom. The number of aliphatic hydroxyl groups is 1. The van der Waals surface area contributed by atoms with Crippen molar-refractivity contribution < 1.29 is 5.11 Å². The maximum Gasteiger partial charge on any atom is 0.138 e. The Balaban J connectivity index is 2.06. The van der Waals surface area contributed by atoms with Gasteiger partial charge < -0.3 is 5.11 Å². The van der Waals surface area contributed by atoms with Crippen LogP contribution in [0.15, 0.2) is 6.33 Å². The van der Waals surface area contributed by atoms with Gasteiger partial charge >= 0.3 is 0 Å². The zero-order chi connectivity index (χ0) is 14.8.